The normalized spacial score (nSPS) is 11.9. The number of carbonyl (C=O) groups is 1. The predicted molar refractivity (Wildman–Crippen MR) is 136 cm³/mol. The molecule has 3 aromatic carbocycles. The number of amides is 1. The molecule has 0 fully saturated rings. The summed E-state index contributed by atoms with van der Waals surface area (Å²) in [6.45, 7) is 5.05. The number of rotatable bonds is 9. The first-order valence-corrected chi connectivity index (χ1v) is 11.6. The Morgan fingerprint density at radius 1 is 1.00 bits per heavy atom. The molecule has 1 heterocycles. The molecule has 7 nitrogen and oxygen atoms in total. The minimum Gasteiger partial charge on any atom is -0.494 e. The van der Waals surface area contributed by atoms with Gasteiger partial charge in [-0.25, -0.2) is 4.98 Å². The Balaban J connectivity index is 1.87. The number of hydrogen-bond acceptors (Lipinski definition) is 5. The Bertz CT molecular complexity index is 1350. The molecule has 0 spiro atoms. The fourth-order valence-electron chi connectivity index (χ4n) is 4.08. The lowest BCUT2D eigenvalue weighted by Gasteiger charge is -2.30. The van der Waals surface area contributed by atoms with Crippen LogP contribution in [0.1, 0.15) is 36.1 Å². The van der Waals surface area contributed by atoms with Crippen molar-refractivity contribution in [2.24, 2.45) is 0 Å². The van der Waals surface area contributed by atoms with E-state index in [0.29, 0.717) is 53.5 Å². The van der Waals surface area contributed by atoms with Crippen LogP contribution in [-0.4, -0.2) is 47.2 Å². The summed E-state index contributed by atoms with van der Waals surface area (Å²) >= 11 is 0. The molecule has 0 aliphatic carbocycles. The molecule has 0 aliphatic heterocycles. The smallest absolute Gasteiger partial charge is 0.266 e. The van der Waals surface area contributed by atoms with E-state index >= 15 is 0 Å². The second-order valence-electron chi connectivity index (χ2n) is 8.09. The molecule has 7 heteroatoms. The Kier molecular flexibility index (Phi) is 7.57. The largest absolute Gasteiger partial charge is 0.494 e. The maximum absolute atomic E-state index is 13.7. The van der Waals surface area contributed by atoms with Gasteiger partial charge < -0.3 is 14.4 Å². The Morgan fingerprint density at radius 3 is 2.37 bits per heavy atom. The molecule has 0 saturated heterocycles. The second-order valence-corrected chi connectivity index (χ2v) is 8.09. The van der Waals surface area contributed by atoms with Crippen molar-refractivity contribution in [2.75, 3.05) is 26.9 Å². The third-order valence-electron chi connectivity index (χ3n) is 5.87. The molecular weight excluding hydrogens is 442 g/mol. The van der Waals surface area contributed by atoms with Crippen LogP contribution in [0, 0.1) is 0 Å². The Labute approximate surface area is 204 Å². The van der Waals surface area contributed by atoms with Gasteiger partial charge in [-0.15, -0.1) is 0 Å². The summed E-state index contributed by atoms with van der Waals surface area (Å²) in [5.41, 5.74) is 1.60. The van der Waals surface area contributed by atoms with E-state index in [1.807, 2.05) is 74.5 Å². The third kappa shape index (κ3) is 5.10. The highest BCUT2D eigenvalue weighted by Crippen LogP contribution is 2.25. The highest BCUT2D eigenvalue weighted by atomic mass is 16.5. The lowest BCUT2D eigenvalue weighted by atomic mass is 10.1. The molecular formula is C28H29N3O4. The van der Waals surface area contributed by atoms with Crippen molar-refractivity contribution in [3.8, 4) is 11.4 Å². The van der Waals surface area contributed by atoms with Crippen molar-refractivity contribution in [2.45, 2.75) is 19.9 Å². The van der Waals surface area contributed by atoms with Gasteiger partial charge in [0.25, 0.3) is 11.5 Å². The van der Waals surface area contributed by atoms with Crippen LogP contribution in [-0.2, 0) is 4.74 Å². The molecule has 0 bridgehead atoms. The number of carbonyl (C=O) groups excluding carboxylic acids is 1. The number of para-hydroxylation sites is 1. The van der Waals surface area contributed by atoms with E-state index in [-0.39, 0.29) is 11.5 Å². The standard InChI is InChI=1S/C28H29N3O4/c1-4-35-23-16-14-22(15-17-23)31-26(29-25-13-9-8-12-24(25)28(31)33)20(2)30(18-19-34-3)27(32)21-10-6-5-7-11-21/h5-17,20H,4,18-19H2,1-3H3. The maximum atomic E-state index is 13.7. The average molecular weight is 472 g/mol. The van der Waals surface area contributed by atoms with Gasteiger partial charge in [-0.2, -0.15) is 0 Å². The summed E-state index contributed by atoms with van der Waals surface area (Å²) in [4.78, 5) is 33.8. The summed E-state index contributed by atoms with van der Waals surface area (Å²) < 4.78 is 12.4. The average Bonchev–Trinajstić information content (AvgIpc) is 2.90. The summed E-state index contributed by atoms with van der Waals surface area (Å²) in [6.07, 6.45) is 0. The van der Waals surface area contributed by atoms with Crippen molar-refractivity contribution in [3.63, 3.8) is 0 Å². The van der Waals surface area contributed by atoms with Gasteiger partial charge in [-0.1, -0.05) is 30.3 Å². The van der Waals surface area contributed by atoms with Gasteiger partial charge in [0, 0.05) is 19.2 Å². The van der Waals surface area contributed by atoms with E-state index in [1.54, 1.807) is 34.8 Å². The van der Waals surface area contributed by atoms with E-state index in [1.165, 1.54) is 0 Å². The fourth-order valence-corrected chi connectivity index (χ4v) is 4.08. The quantitative estimate of drug-likeness (QED) is 0.356. The van der Waals surface area contributed by atoms with E-state index in [4.69, 9.17) is 14.5 Å². The second kappa shape index (κ2) is 11.0. The topological polar surface area (TPSA) is 73.7 Å². The van der Waals surface area contributed by atoms with Gasteiger partial charge in [0.15, 0.2) is 0 Å². The Morgan fingerprint density at radius 2 is 1.69 bits per heavy atom. The third-order valence-corrected chi connectivity index (χ3v) is 5.87. The van der Waals surface area contributed by atoms with Gasteiger partial charge in [0.1, 0.15) is 11.6 Å². The number of nitrogens with zero attached hydrogens (tertiary/aromatic N) is 3. The summed E-state index contributed by atoms with van der Waals surface area (Å²) in [5, 5.41) is 0.509. The van der Waals surface area contributed by atoms with E-state index in [2.05, 4.69) is 0 Å². The lowest BCUT2D eigenvalue weighted by molar-refractivity contribution is 0.0605. The zero-order chi connectivity index (χ0) is 24.8. The number of aromatic nitrogens is 2. The number of methoxy groups -OCH3 is 1. The number of ether oxygens (including phenoxy) is 2. The predicted octanol–water partition coefficient (Wildman–Crippen LogP) is 4.63. The molecule has 0 saturated carbocycles. The van der Waals surface area contributed by atoms with Gasteiger partial charge in [-0.3, -0.25) is 14.2 Å². The first-order valence-electron chi connectivity index (χ1n) is 11.6. The van der Waals surface area contributed by atoms with Gasteiger partial charge in [0.2, 0.25) is 0 Å². The fraction of sp³-hybridized carbons (Fsp3) is 0.250. The highest BCUT2D eigenvalue weighted by Gasteiger charge is 2.27. The van der Waals surface area contributed by atoms with Crippen LogP contribution in [0.3, 0.4) is 0 Å². The minimum absolute atomic E-state index is 0.157. The first-order chi connectivity index (χ1) is 17.0. The van der Waals surface area contributed by atoms with Crippen molar-refractivity contribution >= 4 is 16.8 Å². The molecule has 0 radical (unpaired) electrons. The van der Waals surface area contributed by atoms with Gasteiger partial charge in [-0.05, 0) is 62.4 Å². The van der Waals surface area contributed by atoms with E-state index in [0.717, 1.165) is 0 Å². The molecule has 0 aliphatic rings. The van der Waals surface area contributed by atoms with Crippen molar-refractivity contribution in [3.05, 3.63) is 101 Å². The molecule has 1 unspecified atom stereocenters. The van der Waals surface area contributed by atoms with Crippen LogP contribution >= 0.6 is 0 Å². The van der Waals surface area contributed by atoms with E-state index in [9.17, 15) is 9.59 Å². The summed E-state index contributed by atoms with van der Waals surface area (Å²) in [6, 6.07) is 23.1. The van der Waals surface area contributed by atoms with Crippen molar-refractivity contribution < 1.29 is 14.3 Å². The minimum atomic E-state index is -0.512. The summed E-state index contributed by atoms with van der Waals surface area (Å²) in [7, 11) is 1.60. The highest BCUT2D eigenvalue weighted by molar-refractivity contribution is 5.94. The molecule has 1 amide bonds. The molecule has 1 aromatic heterocycles. The molecule has 1 atom stereocenters. The molecule has 0 N–H and O–H groups in total. The number of fused-ring (bicyclic) bond motifs is 1. The SMILES string of the molecule is CCOc1ccc(-n2c(C(C)N(CCOC)C(=O)c3ccccc3)nc3ccccc3c2=O)cc1. The molecule has 35 heavy (non-hydrogen) atoms. The summed E-state index contributed by atoms with van der Waals surface area (Å²) in [5.74, 6) is 1.03. The zero-order valence-corrected chi connectivity index (χ0v) is 20.2. The van der Waals surface area contributed by atoms with Crippen LogP contribution in [0.15, 0.2) is 83.7 Å². The van der Waals surface area contributed by atoms with Crippen LogP contribution in [0.4, 0.5) is 0 Å². The first kappa shape index (κ1) is 24.2. The van der Waals surface area contributed by atoms with Crippen LogP contribution in [0.5, 0.6) is 5.75 Å². The maximum Gasteiger partial charge on any atom is 0.266 e. The van der Waals surface area contributed by atoms with Crippen LogP contribution < -0.4 is 10.3 Å². The Hall–Kier alpha value is -3.97. The lowest BCUT2D eigenvalue weighted by Crippen LogP contribution is -2.39. The number of hydrogen-bond donors (Lipinski definition) is 0. The van der Waals surface area contributed by atoms with Crippen LogP contribution in [0.2, 0.25) is 0 Å². The van der Waals surface area contributed by atoms with Crippen molar-refractivity contribution in [1.29, 1.82) is 0 Å². The molecule has 180 valence electrons. The van der Waals surface area contributed by atoms with Gasteiger partial charge >= 0.3 is 0 Å². The molecule has 4 aromatic rings. The van der Waals surface area contributed by atoms with E-state index < -0.39 is 6.04 Å². The zero-order valence-electron chi connectivity index (χ0n) is 20.2. The van der Waals surface area contributed by atoms with Gasteiger partial charge in [0.05, 0.1) is 35.8 Å². The molecule has 4 rings (SSSR count). The van der Waals surface area contributed by atoms with Crippen molar-refractivity contribution in [1.82, 2.24) is 14.5 Å². The number of benzene rings is 3. The monoisotopic (exact) mass is 471 g/mol. The van der Waals surface area contributed by atoms with Crippen LogP contribution in [0.25, 0.3) is 16.6 Å².